The molecule has 0 fully saturated rings. The summed E-state index contributed by atoms with van der Waals surface area (Å²) in [7, 11) is 1.64. The van der Waals surface area contributed by atoms with Crippen LogP contribution in [0.1, 0.15) is 17.3 Å². The van der Waals surface area contributed by atoms with E-state index >= 15 is 0 Å². The van der Waals surface area contributed by atoms with Gasteiger partial charge in [0.25, 0.3) is 0 Å². The van der Waals surface area contributed by atoms with Crippen LogP contribution in [0.3, 0.4) is 0 Å². The predicted molar refractivity (Wildman–Crippen MR) is 74.4 cm³/mol. The number of hydrazine groups is 1. The minimum Gasteiger partial charge on any atom is -0.496 e. The quantitative estimate of drug-likeness (QED) is 0.649. The van der Waals surface area contributed by atoms with Crippen LogP contribution in [0.4, 0.5) is 0 Å². The highest BCUT2D eigenvalue weighted by molar-refractivity contribution is 9.10. The second-order valence-electron chi connectivity index (χ2n) is 3.72. The van der Waals surface area contributed by atoms with Crippen LogP contribution < -0.4 is 16.0 Å². The lowest BCUT2D eigenvalue weighted by Gasteiger charge is -2.13. The maximum absolute atomic E-state index is 5.56. The van der Waals surface area contributed by atoms with Gasteiger partial charge in [-0.3, -0.25) is 11.3 Å². The Morgan fingerprint density at radius 1 is 1.56 bits per heavy atom. The molecule has 0 bridgehead atoms. The number of rotatable bonds is 5. The zero-order valence-electron chi connectivity index (χ0n) is 9.76. The van der Waals surface area contributed by atoms with Gasteiger partial charge in [0.1, 0.15) is 5.75 Å². The lowest BCUT2D eigenvalue weighted by molar-refractivity contribution is 0.412. The van der Waals surface area contributed by atoms with Crippen molar-refractivity contribution in [3.8, 4) is 5.75 Å². The number of benzene rings is 1. The van der Waals surface area contributed by atoms with Crippen LogP contribution >= 0.6 is 27.7 Å². The number of hydrogen-bond donors (Lipinski definition) is 2. The summed E-state index contributed by atoms with van der Waals surface area (Å²) >= 11 is 4.64. The number of hydrogen-bond acceptors (Lipinski definition) is 6. The van der Waals surface area contributed by atoms with E-state index in [2.05, 4.69) is 30.1 Å². The Morgan fingerprint density at radius 3 is 2.94 bits per heavy atom. The molecule has 0 aliphatic rings. The van der Waals surface area contributed by atoms with Crippen LogP contribution in [0.15, 0.2) is 28.9 Å². The van der Waals surface area contributed by atoms with E-state index in [1.54, 1.807) is 13.3 Å². The Bertz CT molecular complexity index is 506. The van der Waals surface area contributed by atoms with Gasteiger partial charge in [-0.05, 0) is 40.0 Å². The molecule has 7 heteroatoms. The molecule has 0 aliphatic heterocycles. The molecule has 0 aliphatic carbocycles. The van der Waals surface area contributed by atoms with E-state index in [0.717, 1.165) is 27.9 Å². The second-order valence-corrected chi connectivity index (χ2v) is 5.14. The van der Waals surface area contributed by atoms with Gasteiger partial charge in [-0.1, -0.05) is 6.07 Å². The molecule has 2 rings (SSSR count). The van der Waals surface area contributed by atoms with Crippen molar-refractivity contribution in [1.82, 2.24) is 14.2 Å². The molecule has 18 heavy (non-hydrogen) atoms. The van der Waals surface area contributed by atoms with Crippen LogP contribution in [0.25, 0.3) is 0 Å². The third-order valence-corrected chi connectivity index (χ3v) is 3.70. The molecule has 0 saturated heterocycles. The largest absolute Gasteiger partial charge is 0.496 e. The van der Waals surface area contributed by atoms with Crippen molar-refractivity contribution >= 4 is 27.7 Å². The average Bonchev–Trinajstić information content (AvgIpc) is 2.90. The molecule has 3 N–H and O–H groups in total. The SMILES string of the molecule is COc1ccc(CC(NN)c2cnsn2)cc1Br. The van der Waals surface area contributed by atoms with Crippen LogP contribution in [-0.4, -0.2) is 15.9 Å². The minimum absolute atomic E-state index is 0.0379. The smallest absolute Gasteiger partial charge is 0.133 e. The fourth-order valence-electron chi connectivity index (χ4n) is 1.65. The number of nitrogens with two attached hydrogens (primary N) is 1. The van der Waals surface area contributed by atoms with Gasteiger partial charge in [0, 0.05) is 0 Å². The number of nitrogens with zero attached hydrogens (tertiary/aromatic N) is 2. The molecule has 0 radical (unpaired) electrons. The van der Waals surface area contributed by atoms with Crippen LogP contribution in [0.2, 0.25) is 0 Å². The van der Waals surface area contributed by atoms with Crippen molar-refractivity contribution in [2.45, 2.75) is 12.5 Å². The highest BCUT2D eigenvalue weighted by atomic mass is 79.9. The van der Waals surface area contributed by atoms with E-state index in [-0.39, 0.29) is 6.04 Å². The van der Waals surface area contributed by atoms with E-state index in [9.17, 15) is 0 Å². The van der Waals surface area contributed by atoms with Gasteiger partial charge in [0.15, 0.2) is 0 Å². The normalized spacial score (nSPS) is 12.4. The van der Waals surface area contributed by atoms with Gasteiger partial charge in [-0.15, -0.1) is 0 Å². The monoisotopic (exact) mass is 328 g/mol. The molecule has 1 unspecified atom stereocenters. The number of methoxy groups -OCH3 is 1. The maximum Gasteiger partial charge on any atom is 0.133 e. The van der Waals surface area contributed by atoms with E-state index in [4.69, 9.17) is 10.6 Å². The molecule has 1 aromatic heterocycles. The van der Waals surface area contributed by atoms with E-state index < -0.39 is 0 Å². The van der Waals surface area contributed by atoms with E-state index in [0.29, 0.717) is 0 Å². The summed E-state index contributed by atoms with van der Waals surface area (Å²) < 4.78 is 14.3. The zero-order valence-corrected chi connectivity index (χ0v) is 12.2. The van der Waals surface area contributed by atoms with Crippen molar-refractivity contribution in [3.05, 3.63) is 40.1 Å². The second kappa shape index (κ2) is 6.24. The number of aromatic nitrogens is 2. The molecule has 5 nitrogen and oxygen atoms in total. The third kappa shape index (κ3) is 3.05. The van der Waals surface area contributed by atoms with Crippen molar-refractivity contribution < 1.29 is 4.74 Å². The fourth-order valence-corrected chi connectivity index (χ4v) is 2.71. The lowest BCUT2D eigenvalue weighted by Crippen LogP contribution is -2.29. The molecular weight excluding hydrogens is 316 g/mol. The zero-order chi connectivity index (χ0) is 13.0. The Hall–Kier alpha value is -1.02. The van der Waals surface area contributed by atoms with Crippen molar-refractivity contribution in [2.24, 2.45) is 5.84 Å². The summed E-state index contributed by atoms with van der Waals surface area (Å²) in [6.07, 6.45) is 2.47. The molecule has 1 aromatic carbocycles. The van der Waals surface area contributed by atoms with Gasteiger partial charge >= 0.3 is 0 Å². The van der Waals surface area contributed by atoms with E-state index in [1.807, 2.05) is 18.2 Å². The first-order chi connectivity index (χ1) is 8.74. The molecule has 2 aromatic rings. The van der Waals surface area contributed by atoms with E-state index in [1.165, 1.54) is 11.7 Å². The summed E-state index contributed by atoms with van der Waals surface area (Å²) in [5.41, 5.74) is 4.75. The topological polar surface area (TPSA) is 73.1 Å². The Morgan fingerprint density at radius 2 is 2.39 bits per heavy atom. The van der Waals surface area contributed by atoms with Crippen molar-refractivity contribution in [2.75, 3.05) is 7.11 Å². The standard InChI is InChI=1S/C11H13BrN4OS/c1-17-11-3-2-7(4-8(11)12)5-9(15-13)10-6-14-18-16-10/h2-4,6,9,15H,5,13H2,1H3. The molecule has 0 spiro atoms. The maximum atomic E-state index is 5.56. The van der Waals surface area contributed by atoms with Gasteiger partial charge in [0.05, 0.1) is 41.2 Å². The number of nitrogens with one attached hydrogen (secondary N) is 1. The predicted octanol–water partition coefficient (Wildman–Crippen LogP) is 2.06. The highest BCUT2D eigenvalue weighted by Crippen LogP contribution is 2.27. The van der Waals surface area contributed by atoms with Crippen LogP contribution in [-0.2, 0) is 6.42 Å². The molecule has 96 valence electrons. The van der Waals surface area contributed by atoms with Crippen LogP contribution in [0, 0.1) is 0 Å². The Balaban J connectivity index is 2.15. The molecular formula is C11H13BrN4OS. The molecule has 0 saturated carbocycles. The Kier molecular flexibility index (Phi) is 4.65. The molecule has 1 atom stereocenters. The first-order valence-corrected chi connectivity index (χ1v) is 6.83. The summed E-state index contributed by atoms with van der Waals surface area (Å²) in [4.78, 5) is 0. The third-order valence-electron chi connectivity index (χ3n) is 2.59. The summed E-state index contributed by atoms with van der Waals surface area (Å²) in [5, 5.41) is 0. The first-order valence-electron chi connectivity index (χ1n) is 5.30. The Labute approximate surface area is 118 Å². The van der Waals surface area contributed by atoms with Gasteiger partial charge in [-0.2, -0.15) is 8.75 Å². The first kappa shape index (κ1) is 13.4. The average molecular weight is 329 g/mol. The summed E-state index contributed by atoms with van der Waals surface area (Å²) in [5.74, 6) is 6.37. The lowest BCUT2D eigenvalue weighted by atomic mass is 10.0. The van der Waals surface area contributed by atoms with Gasteiger partial charge < -0.3 is 4.74 Å². The van der Waals surface area contributed by atoms with Crippen molar-refractivity contribution in [3.63, 3.8) is 0 Å². The summed E-state index contributed by atoms with van der Waals surface area (Å²) in [6.45, 7) is 0. The van der Waals surface area contributed by atoms with Gasteiger partial charge in [-0.25, -0.2) is 0 Å². The number of ether oxygens (including phenoxy) is 1. The highest BCUT2D eigenvalue weighted by Gasteiger charge is 2.14. The van der Waals surface area contributed by atoms with Crippen molar-refractivity contribution in [1.29, 1.82) is 0 Å². The summed E-state index contributed by atoms with van der Waals surface area (Å²) in [6, 6.07) is 5.91. The molecule has 0 amide bonds. The fraction of sp³-hybridized carbons (Fsp3) is 0.273. The van der Waals surface area contributed by atoms with Crippen LogP contribution in [0.5, 0.6) is 5.75 Å². The molecule has 1 heterocycles. The minimum atomic E-state index is -0.0379. The van der Waals surface area contributed by atoms with Gasteiger partial charge in [0.2, 0.25) is 0 Å². The number of halogens is 1.